The van der Waals surface area contributed by atoms with Gasteiger partial charge in [-0.2, -0.15) is 0 Å². The van der Waals surface area contributed by atoms with E-state index in [2.05, 4.69) is 13.0 Å². The summed E-state index contributed by atoms with van der Waals surface area (Å²) in [7, 11) is 0. The van der Waals surface area contributed by atoms with Gasteiger partial charge in [0.15, 0.2) is 0 Å². The molecule has 2 rings (SSSR count). The van der Waals surface area contributed by atoms with E-state index < -0.39 is 0 Å². The molecule has 0 amide bonds. The van der Waals surface area contributed by atoms with Crippen molar-refractivity contribution >= 4 is 19.4 Å². The molecule has 0 fully saturated rings. The van der Waals surface area contributed by atoms with Crippen LogP contribution in [0.2, 0.25) is 5.32 Å². The number of fused-ring (bicyclic) bond motifs is 1. The Morgan fingerprint density at radius 3 is 3.00 bits per heavy atom. The Balaban J connectivity index is 2.56. The zero-order chi connectivity index (χ0) is 8.72. The maximum absolute atomic E-state index is 9.51. The molecular weight excluding hydrogens is 215 g/mol. The maximum atomic E-state index is 9.51. The quantitative estimate of drug-likeness (QED) is 0.667. The Hall–Kier alpha value is -0.461. The normalized spacial score (nSPS) is 21.0. The summed E-state index contributed by atoms with van der Waals surface area (Å²) in [6, 6.07) is 4.10. The molecule has 1 aliphatic heterocycles. The summed E-state index contributed by atoms with van der Waals surface area (Å²) >= 11 is 0.646. The van der Waals surface area contributed by atoms with Gasteiger partial charge in [0.05, 0.1) is 0 Å². The minimum atomic E-state index is 0.457. The van der Waals surface area contributed by atoms with E-state index in [-0.39, 0.29) is 0 Å². The molecular formula is C10H12OSe. The van der Waals surface area contributed by atoms with Gasteiger partial charge in [-0.15, -0.1) is 0 Å². The summed E-state index contributed by atoms with van der Waals surface area (Å²) in [5.74, 6) is 1.12. The van der Waals surface area contributed by atoms with Crippen LogP contribution in [0.4, 0.5) is 0 Å². The first-order chi connectivity index (χ1) is 5.68. The SMILES string of the molecule is Cc1cc2c(cc1O)C(C)C[Se]2. The molecule has 0 aliphatic carbocycles. The number of phenolic OH excluding ortho intramolecular Hbond substituents is 1. The van der Waals surface area contributed by atoms with Gasteiger partial charge in [-0.1, -0.05) is 0 Å². The van der Waals surface area contributed by atoms with Crippen LogP contribution in [-0.4, -0.2) is 20.1 Å². The van der Waals surface area contributed by atoms with E-state index >= 15 is 0 Å². The van der Waals surface area contributed by atoms with Gasteiger partial charge in [0.25, 0.3) is 0 Å². The van der Waals surface area contributed by atoms with E-state index in [1.807, 2.05) is 13.0 Å². The first-order valence-corrected chi connectivity index (χ1v) is 6.21. The average molecular weight is 227 g/mol. The van der Waals surface area contributed by atoms with Crippen LogP contribution in [0.5, 0.6) is 5.75 Å². The first kappa shape index (κ1) is 8.15. The number of aryl methyl sites for hydroxylation is 1. The number of aromatic hydroxyl groups is 1. The monoisotopic (exact) mass is 228 g/mol. The van der Waals surface area contributed by atoms with Gasteiger partial charge < -0.3 is 0 Å². The molecule has 0 saturated heterocycles. The summed E-state index contributed by atoms with van der Waals surface area (Å²) in [4.78, 5) is 0. The van der Waals surface area contributed by atoms with Crippen LogP contribution in [-0.2, 0) is 0 Å². The Morgan fingerprint density at radius 1 is 1.50 bits per heavy atom. The van der Waals surface area contributed by atoms with Crippen molar-refractivity contribution in [1.82, 2.24) is 0 Å². The molecule has 1 N–H and O–H groups in total. The first-order valence-electron chi connectivity index (χ1n) is 4.15. The Morgan fingerprint density at radius 2 is 2.25 bits per heavy atom. The van der Waals surface area contributed by atoms with Gasteiger partial charge in [0.1, 0.15) is 0 Å². The van der Waals surface area contributed by atoms with Gasteiger partial charge in [-0.3, -0.25) is 0 Å². The van der Waals surface area contributed by atoms with Crippen molar-refractivity contribution in [3.8, 4) is 5.75 Å². The number of benzene rings is 1. The molecule has 1 heterocycles. The standard InChI is InChI=1S/C10H12OSe/c1-6-3-10-8(4-9(6)11)7(2)5-12-10/h3-4,7,11H,5H2,1-2H3. The fraction of sp³-hybridized carbons (Fsp3) is 0.400. The van der Waals surface area contributed by atoms with E-state index in [1.54, 1.807) is 0 Å². The fourth-order valence-corrected chi connectivity index (χ4v) is 4.22. The number of rotatable bonds is 0. The molecule has 1 aromatic rings. The molecule has 0 bridgehead atoms. The van der Waals surface area contributed by atoms with Gasteiger partial charge in [-0.25, -0.2) is 0 Å². The van der Waals surface area contributed by atoms with Crippen molar-refractivity contribution in [2.24, 2.45) is 0 Å². The molecule has 1 nitrogen and oxygen atoms in total. The third-order valence-corrected chi connectivity index (χ3v) is 5.14. The van der Waals surface area contributed by atoms with Crippen LogP contribution in [0.25, 0.3) is 0 Å². The molecule has 0 saturated carbocycles. The summed E-state index contributed by atoms with van der Waals surface area (Å²) in [6.07, 6.45) is 0. The molecule has 12 heavy (non-hydrogen) atoms. The van der Waals surface area contributed by atoms with E-state index in [9.17, 15) is 5.11 Å². The predicted octanol–water partition coefficient (Wildman–Crippen LogP) is 1.57. The van der Waals surface area contributed by atoms with Crippen molar-refractivity contribution in [2.45, 2.75) is 25.1 Å². The van der Waals surface area contributed by atoms with Crippen LogP contribution in [0.15, 0.2) is 12.1 Å². The van der Waals surface area contributed by atoms with E-state index in [0.717, 1.165) is 5.56 Å². The third kappa shape index (κ3) is 1.16. The second kappa shape index (κ2) is 2.79. The van der Waals surface area contributed by atoms with Crippen LogP contribution in [0.1, 0.15) is 24.0 Å². The summed E-state index contributed by atoms with van der Waals surface area (Å²) in [5, 5.41) is 10.8. The van der Waals surface area contributed by atoms with Crippen LogP contribution in [0.3, 0.4) is 0 Å². The summed E-state index contributed by atoms with van der Waals surface area (Å²) < 4.78 is 1.49. The molecule has 1 aromatic carbocycles. The number of hydrogen-bond acceptors (Lipinski definition) is 1. The van der Waals surface area contributed by atoms with Crippen molar-refractivity contribution in [3.05, 3.63) is 23.3 Å². The van der Waals surface area contributed by atoms with E-state index in [4.69, 9.17) is 0 Å². The molecule has 2 heteroatoms. The van der Waals surface area contributed by atoms with Crippen molar-refractivity contribution in [1.29, 1.82) is 0 Å². The number of hydrogen-bond donors (Lipinski definition) is 1. The Bertz CT molecular complexity index is 320. The zero-order valence-corrected chi connectivity index (χ0v) is 9.01. The second-order valence-electron chi connectivity index (χ2n) is 3.39. The van der Waals surface area contributed by atoms with Crippen LogP contribution >= 0.6 is 0 Å². The molecule has 0 aromatic heterocycles. The minimum absolute atomic E-state index is 0.457. The van der Waals surface area contributed by atoms with Crippen molar-refractivity contribution < 1.29 is 5.11 Å². The van der Waals surface area contributed by atoms with Crippen molar-refractivity contribution in [2.75, 3.05) is 0 Å². The van der Waals surface area contributed by atoms with Gasteiger partial charge in [0.2, 0.25) is 0 Å². The molecule has 64 valence electrons. The topological polar surface area (TPSA) is 20.2 Å². The molecule has 0 spiro atoms. The fourth-order valence-electron chi connectivity index (χ4n) is 1.50. The Labute approximate surface area is 79.0 Å². The van der Waals surface area contributed by atoms with Gasteiger partial charge in [-0.05, 0) is 0 Å². The summed E-state index contributed by atoms with van der Waals surface area (Å²) in [6.45, 7) is 4.21. The molecule has 1 unspecified atom stereocenters. The van der Waals surface area contributed by atoms with Gasteiger partial charge in [0, 0.05) is 0 Å². The van der Waals surface area contributed by atoms with Crippen LogP contribution < -0.4 is 4.46 Å². The predicted molar refractivity (Wildman–Crippen MR) is 51.5 cm³/mol. The third-order valence-electron chi connectivity index (χ3n) is 2.35. The Kier molecular flexibility index (Phi) is 1.90. The zero-order valence-electron chi connectivity index (χ0n) is 7.29. The average Bonchev–Trinajstić information content (AvgIpc) is 2.35. The second-order valence-corrected chi connectivity index (χ2v) is 5.62. The molecule has 1 atom stereocenters. The van der Waals surface area contributed by atoms with E-state index in [1.165, 1.54) is 15.3 Å². The van der Waals surface area contributed by atoms with Crippen molar-refractivity contribution in [3.63, 3.8) is 0 Å². The molecule has 0 radical (unpaired) electrons. The molecule has 1 aliphatic rings. The van der Waals surface area contributed by atoms with Crippen LogP contribution in [0, 0.1) is 6.92 Å². The number of phenols is 1. The summed E-state index contributed by atoms with van der Waals surface area (Å²) in [5.41, 5.74) is 2.39. The van der Waals surface area contributed by atoms with E-state index in [0.29, 0.717) is 26.6 Å². The van der Waals surface area contributed by atoms with Gasteiger partial charge >= 0.3 is 78.6 Å².